The number of piperazine rings is 1. The van der Waals surface area contributed by atoms with Gasteiger partial charge < -0.3 is 20.4 Å². The molecule has 2 heterocycles. The van der Waals surface area contributed by atoms with E-state index in [9.17, 15) is 9.59 Å². The molecule has 0 spiro atoms. The Balaban J connectivity index is 1.50. The number of nitrogens with one attached hydrogen (secondary N) is 2. The van der Waals surface area contributed by atoms with Crippen molar-refractivity contribution < 1.29 is 9.59 Å². The molecule has 3 rings (SSSR count). The summed E-state index contributed by atoms with van der Waals surface area (Å²) in [6.45, 7) is 4.34. The Morgan fingerprint density at radius 1 is 0.962 bits per heavy atom. The van der Waals surface area contributed by atoms with Crippen molar-refractivity contribution in [3.05, 3.63) is 54.4 Å². The van der Waals surface area contributed by atoms with Gasteiger partial charge >= 0.3 is 11.8 Å². The number of hydrogen-bond donors (Lipinski definition) is 2. The van der Waals surface area contributed by atoms with Gasteiger partial charge in [0.1, 0.15) is 0 Å². The van der Waals surface area contributed by atoms with Crippen LogP contribution in [-0.2, 0) is 16.1 Å². The fraction of sp³-hybridized carbons (Fsp3) is 0.316. The zero-order valence-corrected chi connectivity index (χ0v) is 14.8. The Kier molecular flexibility index (Phi) is 5.80. The van der Waals surface area contributed by atoms with Crippen molar-refractivity contribution in [1.29, 1.82) is 0 Å². The monoisotopic (exact) mass is 353 g/mol. The topological polar surface area (TPSA) is 77.6 Å². The summed E-state index contributed by atoms with van der Waals surface area (Å²) in [5.41, 5.74) is 2.61. The number of aromatic nitrogens is 1. The van der Waals surface area contributed by atoms with E-state index >= 15 is 0 Å². The van der Waals surface area contributed by atoms with Crippen LogP contribution in [0.15, 0.2) is 48.8 Å². The molecule has 2 N–H and O–H groups in total. The number of amides is 2. The number of hydrogen-bond acceptors (Lipinski definition) is 5. The molecule has 0 aliphatic carbocycles. The molecule has 136 valence electrons. The second-order valence-corrected chi connectivity index (χ2v) is 6.33. The van der Waals surface area contributed by atoms with Crippen LogP contribution < -0.4 is 15.5 Å². The lowest BCUT2D eigenvalue weighted by Gasteiger charge is -2.34. The predicted molar refractivity (Wildman–Crippen MR) is 101 cm³/mol. The lowest BCUT2D eigenvalue weighted by Crippen LogP contribution is -2.44. The second-order valence-electron chi connectivity index (χ2n) is 6.33. The molecule has 1 aliphatic heterocycles. The van der Waals surface area contributed by atoms with E-state index < -0.39 is 11.8 Å². The first-order valence-corrected chi connectivity index (χ1v) is 8.63. The highest BCUT2D eigenvalue weighted by Gasteiger charge is 2.15. The lowest BCUT2D eigenvalue weighted by molar-refractivity contribution is -0.136. The van der Waals surface area contributed by atoms with Gasteiger partial charge in [-0.3, -0.25) is 14.6 Å². The lowest BCUT2D eigenvalue weighted by atomic mass is 10.2. The normalized spacial score (nSPS) is 14.7. The van der Waals surface area contributed by atoms with Crippen molar-refractivity contribution in [3.63, 3.8) is 0 Å². The molecule has 2 amide bonds. The van der Waals surface area contributed by atoms with Gasteiger partial charge in [-0.15, -0.1) is 0 Å². The Morgan fingerprint density at radius 2 is 1.62 bits per heavy atom. The third kappa shape index (κ3) is 4.80. The van der Waals surface area contributed by atoms with Gasteiger partial charge in [0, 0.05) is 56.5 Å². The van der Waals surface area contributed by atoms with E-state index in [0.717, 1.165) is 37.4 Å². The largest absolute Gasteiger partial charge is 0.369 e. The molecule has 1 fully saturated rings. The number of carbonyl (C=O) groups excluding carboxylic acids is 2. The maximum Gasteiger partial charge on any atom is 0.313 e. The molecule has 7 heteroatoms. The number of benzene rings is 1. The number of nitrogens with zero attached hydrogens (tertiary/aromatic N) is 3. The second kappa shape index (κ2) is 8.44. The molecule has 0 radical (unpaired) electrons. The van der Waals surface area contributed by atoms with Gasteiger partial charge in [-0.25, -0.2) is 0 Å². The third-order valence-corrected chi connectivity index (χ3v) is 4.40. The molecule has 0 unspecified atom stereocenters. The molecule has 0 atom stereocenters. The number of rotatable bonds is 4. The highest BCUT2D eigenvalue weighted by molar-refractivity contribution is 6.39. The van der Waals surface area contributed by atoms with E-state index in [-0.39, 0.29) is 6.54 Å². The summed E-state index contributed by atoms with van der Waals surface area (Å²) < 4.78 is 0. The summed E-state index contributed by atoms with van der Waals surface area (Å²) in [6, 6.07) is 11.2. The fourth-order valence-electron chi connectivity index (χ4n) is 2.77. The minimum atomic E-state index is -0.675. The number of carbonyl (C=O) groups is 2. The van der Waals surface area contributed by atoms with Crippen LogP contribution in [0.1, 0.15) is 5.56 Å². The van der Waals surface area contributed by atoms with Gasteiger partial charge in [0.05, 0.1) is 0 Å². The van der Waals surface area contributed by atoms with Crippen LogP contribution >= 0.6 is 0 Å². The van der Waals surface area contributed by atoms with E-state index in [0.29, 0.717) is 5.69 Å². The van der Waals surface area contributed by atoms with Gasteiger partial charge in [-0.05, 0) is 49.0 Å². The van der Waals surface area contributed by atoms with E-state index in [1.54, 1.807) is 24.5 Å². The summed E-state index contributed by atoms with van der Waals surface area (Å²) in [7, 11) is 2.12. The maximum absolute atomic E-state index is 12.0. The van der Waals surface area contributed by atoms with Gasteiger partial charge in [-0.1, -0.05) is 0 Å². The summed E-state index contributed by atoms with van der Waals surface area (Å²) in [6.07, 6.45) is 3.28. The molecule has 1 aliphatic rings. The van der Waals surface area contributed by atoms with Crippen LogP contribution in [0.2, 0.25) is 0 Å². The van der Waals surface area contributed by atoms with E-state index in [2.05, 4.69) is 32.5 Å². The quantitative estimate of drug-likeness (QED) is 0.805. The molecule has 0 bridgehead atoms. The standard InChI is InChI=1S/C19H23N5O2/c1-23-10-12-24(13-11-23)17-4-2-16(3-5-17)22-19(26)18(25)21-14-15-6-8-20-9-7-15/h2-9H,10-14H2,1H3,(H,21,25)(H,22,26). The molecule has 2 aromatic rings. The average Bonchev–Trinajstić information content (AvgIpc) is 2.68. The molecule has 0 saturated carbocycles. The highest BCUT2D eigenvalue weighted by atomic mass is 16.2. The first kappa shape index (κ1) is 17.9. The van der Waals surface area contributed by atoms with Crippen molar-refractivity contribution in [2.45, 2.75) is 6.54 Å². The third-order valence-electron chi connectivity index (χ3n) is 4.40. The van der Waals surface area contributed by atoms with Gasteiger partial charge in [0.2, 0.25) is 0 Å². The zero-order valence-electron chi connectivity index (χ0n) is 14.8. The van der Waals surface area contributed by atoms with E-state index in [4.69, 9.17) is 0 Å². The molecular formula is C19H23N5O2. The van der Waals surface area contributed by atoms with Crippen LogP contribution in [0, 0.1) is 0 Å². The van der Waals surface area contributed by atoms with Crippen molar-refractivity contribution in [3.8, 4) is 0 Å². The Bertz CT molecular complexity index is 740. The van der Waals surface area contributed by atoms with Gasteiger partial charge in [0.25, 0.3) is 0 Å². The molecule has 1 aromatic heterocycles. The van der Waals surface area contributed by atoms with Crippen molar-refractivity contribution in [2.75, 3.05) is 43.4 Å². The molecule has 7 nitrogen and oxygen atoms in total. The van der Waals surface area contributed by atoms with Gasteiger partial charge in [0.15, 0.2) is 0 Å². The number of pyridine rings is 1. The van der Waals surface area contributed by atoms with E-state index in [1.165, 1.54) is 0 Å². The summed E-state index contributed by atoms with van der Waals surface area (Å²) in [5, 5.41) is 5.22. The maximum atomic E-state index is 12.0. The first-order valence-electron chi connectivity index (χ1n) is 8.63. The zero-order chi connectivity index (χ0) is 18.4. The SMILES string of the molecule is CN1CCN(c2ccc(NC(=O)C(=O)NCc3ccncc3)cc2)CC1. The molecule has 1 aromatic carbocycles. The summed E-state index contributed by atoms with van der Waals surface area (Å²) >= 11 is 0. The van der Waals surface area contributed by atoms with Crippen LogP contribution in [-0.4, -0.2) is 54.9 Å². The average molecular weight is 353 g/mol. The van der Waals surface area contributed by atoms with E-state index in [1.807, 2.05) is 24.3 Å². The Hall–Kier alpha value is -2.93. The minimum Gasteiger partial charge on any atom is -0.369 e. The highest BCUT2D eigenvalue weighted by Crippen LogP contribution is 2.19. The number of likely N-dealkylation sites (N-methyl/N-ethyl adjacent to an activating group) is 1. The van der Waals surface area contributed by atoms with Crippen LogP contribution in [0.25, 0.3) is 0 Å². The molecule has 26 heavy (non-hydrogen) atoms. The Morgan fingerprint density at radius 3 is 2.27 bits per heavy atom. The van der Waals surface area contributed by atoms with Crippen molar-refractivity contribution >= 4 is 23.2 Å². The van der Waals surface area contributed by atoms with Gasteiger partial charge in [-0.2, -0.15) is 0 Å². The minimum absolute atomic E-state index is 0.289. The molecule has 1 saturated heterocycles. The summed E-state index contributed by atoms with van der Waals surface area (Å²) in [5.74, 6) is -1.34. The predicted octanol–water partition coefficient (Wildman–Crippen LogP) is 1.09. The summed E-state index contributed by atoms with van der Waals surface area (Å²) in [4.78, 5) is 32.4. The molecular weight excluding hydrogens is 330 g/mol. The van der Waals surface area contributed by atoms with Crippen LogP contribution in [0.4, 0.5) is 11.4 Å². The fourth-order valence-corrected chi connectivity index (χ4v) is 2.77. The number of anilines is 2. The van der Waals surface area contributed by atoms with Crippen molar-refractivity contribution in [1.82, 2.24) is 15.2 Å². The first-order chi connectivity index (χ1) is 12.6. The smallest absolute Gasteiger partial charge is 0.313 e. The van der Waals surface area contributed by atoms with Crippen molar-refractivity contribution in [2.24, 2.45) is 0 Å². The van der Waals surface area contributed by atoms with Crippen LogP contribution in [0.3, 0.4) is 0 Å². The van der Waals surface area contributed by atoms with Crippen LogP contribution in [0.5, 0.6) is 0 Å². The Labute approximate surface area is 153 Å².